The third-order valence-electron chi connectivity index (χ3n) is 4.71. The van der Waals surface area contributed by atoms with Gasteiger partial charge < -0.3 is 15.2 Å². The number of hydrogen-bond donors (Lipinski definition) is 2. The summed E-state index contributed by atoms with van der Waals surface area (Å²) in [5.74, 6) is -1.16. The second-order valence-electron chi connectivity index (χ2n) is 7.28. The average Bonchev–Trinajstić information content (AvgIpc) is 2.65. The number of benzene rings is 2. The molecule has 0 radical (unpaired) electrons. The molecule has 0 aliphatic rings. The van der Waals surface area contributed by atoms with Crippen molar-refractivity contribution < 1.29 is 19.4 Å². The van der Waals surface area contributed by atoms with Crippen molar-refractivity contribution in [1.82, 2.24) is 5.32 Å². The van der Waals surface area contributed by atoms with Gasteiger partial charge in [0.1, 0.15) is 5.75 Å². The van der Waals surface area contributed by atoms with Gasteiger partial charge in [0.05, 0.1) is 13.0 Å². The lowest BCUT2D eigenvalue weighted by Gasteiger charge is -2.25. The maximum Gasteiger partial charge on any atom is 0.308 e. The smallest absolute Gasteiger partial charge is 0.308 e. The van der Waals surface area contributed by atoms with Crippen molar-refractivity contribution in [3.63, 3.8) is 0 Å². The number of carboxylic acid groups (broad SMARTS) is 1. The molecule has 144 valence electrons. The van der Waals surface area contributed by atoms with Crippen LogP contribution in [0.3, 0.4) is 0 Å². The van der Waals surface area contributed by atoms with E-state index in [-0.39, 0.29) is 24.3 Å². The quantitative estimate of drug-likeness (QED) is 0.710. The highest BCUT2D eigenvalue weighted by atomic mass is 16.5. The van der Waals surface area contributed by atoms with Gasteiger partial charge in [-0.05, 0) is 29.0 Å². The van der Waals surface area contributed by atoms with Crippen molar-refractivity contribution in [2.24, 2.45) is 5.92 Å². The van der Waals surface area contributed by atoms with Crippen LogP contribution in [0.25, 0.3) is 0 Å². The molecule has 0 fully saturated rings. The van der Waals surface area contributed by atoms with Crippen LogP contribution in [0.5, 0.6) is 5.75 Å². The van der Waals surface area contributed by atoms with Crippen LogP contribution in [0.4, 0.5) is 0 Å². The topological polar surface area (TPSA) is 75.6 Å². The van der Waals surface area contributed by atoms with Crippen molar-refractivity contribution in [2.45, 2.75) is 32.1 Å². The predicted molar refractivity (Wildman–Crippen MR) is 105 cm³/mol. The van der Waals surface area contributed by atoms with Gasteiger partial charge in [-0.1, -0.05) is 62.4 Å². The molecule has 27 heavy (non-hydrogen) atoms. The Morgan fingerprint density at radius 3 is 2.33 bits per heavy atom. The van der Waals surface area contributed by atoms with Gasteiger partial charge >= 0.3 is 5.97 Å². The van der Waals surface area contributed by atoms with Gasteiger partial charge in [0.2, 0.25) is 5.91 Å². The van der Waals surface area contributed by atoms with Crippen LogP contribution in [0.1, 0.15) is 31.4 Å². The fourth-order valence-corrected chi connectivity index (χ4v) is 3.08. The lowest BCUT2D eigenvalue weighted by atomic mass is 9.81. The molecule has 0 saturated carbocycles. The van der Waals surface area contributed by atoms with E-state index in [2.05, 4.69) is 5.32 Å². The molecule has 2 N–H and O–H groups in total. The summed E-state index contributed by atoms with van der Waals surface area (Å²) in [6, 6.07) is 17.2. The van der Waals surface area contributed by atoms with Gasteiger partial charge in [-0.2, -0.15) is 0 Å². The van der Waals surface area contributed by atoms with E-state index in [1.54, 1.807) is 13.2 Å². The molecule has 0 heterocycles. The monoisotopic (exact) mass is 369 g/mol. The van der Waals surface area contributed by atoms with Crippen molar-refractivity contribution in [2.75, 3.05) is 13.7 Å². The van der Waals surface area contributed by atoms with Gasteiger partial charge in [-0.25, -0.2) is 0 Å². The average molecular weight is 369 g/mol. The summed E-state index contributed by atoms with van der Waals surface area (Å²) in [4.78, 5) is 24.0. The fourth-order valence-electron chi connectivity index (χ4n) is 3.08. The first-order valence-corrected chi connectivity index (χ1v) is 9.00. The molecule has 1 atom stereocenters. The molecular weight excluding hydrogens is 342 g/mol. The summed E-state index contributed by atoms with van der Waals surface area (Å²) in [7, 11) is 1.56. The van der Waals surface area contributed by atoms with Crippen molar-refractivity contribution in [1.29, 1.82) is 0 Å². The minimum absolute atomic E-state index is 0.0804. The number of amides is 1. The van der Waals surface area contributed by atoms with Crippen LogP contribution in [0.2, 0.25) is 0 Å². The van der Waals surface area contributed by atoms with Crippen molar-refractivity contribution in [3.05, 3.63) is 65.7 Å². The van der Waals surface area contributed by atoms with Crippen LogP contribution in [0, 0.1) is 5.92 Å². The summed E-state index contributed by atoms with van der Waals surface area (Å²) < 4.78 is 5.29. The first kappa shape index (κ1) is 20.5. The standard InChI is InChI=1S/C22H27NO4/c1-22(2,18-10-5-4-6-11-18)14-20(24)23-15-17(21(25)26)13-16-9-7-8-12-19(16)27-3/h4-12,17H,13-15H2,1-3H3,(H,23,24)(H,25,26). The molecule has 0 aromatic heterocycles. The van der Waals surface area contributed by atoms with E-state index in [4.69, 9.17) is 4.74 Å². The van der Waals surface area contributed by atoms with Crippen molar-refractivity contribution in [3.8, 4) is 5.75 Å². The Balaban J connectivity index is 1.97. The third kappa shape index (κ3) is 5.84. The van der Waals surface area contributed by atoms with Gasteiger partial charge in [0.15, 0.2) is 0 Å². The Bertz CT molecular complexity index is 771. The molecule has 0 bridgehead atoms. The van der Waals surface area contributed by atoms with E-state index < -0.39 is 11.9 Å². The number of nitrogens with one attached hydrogen (secondary N) is 1. The summed E-state index contributed by atoms with van der Waals surface area (Å²) in [6.45, 7) is 4.09. The molecule has 0 aliphatic carbocycles. The second-order valence-corrected chi connectivity index (χ2v) is 7.28. The van der Waals surface area contributed by atoms with Crippen LogP contribution in [-0.2, 0) is 21.4 Å². The third-order valence-corrected chi connectivity index (χ3v) is 4.71. The molecule has 0 aliphatic heterocycles. The number of ether oxygens (including phenoxy) is 1. The zero-order valence-electron chi connectivity index (χ0n) is 16.1. The van der Waals surface area contributed by atoms with Gasteiger partial charge in [-0.15, -0.1) is 0 Å². The molecule has 0 spiro atoms. The van der Waals surface area contributed by atoms with E-state index in [0.717, 1.165) is 11.1 Å². The Morgan fingerprint density at radius 2 is 1.70 bits per heavy atom. The molecule has 2 rings (SSSR count). The molecule has 2 aromatic carbocycles. The Kier molecular flexibility index (Phi) is 6.99. The molecule has 1 amide bonds. The summed E-state index contributed by atoms with van der Waals surface area (Å²) in [5.41, 5.74) is 1.56. The van der Waals surface area contributed by atoms with Crippen LogP contribution < -0.4 is 10.1 Å². The molecule has 2 aromatic rings. The highest BCUT2D eigenvalue weighted by Crippen LogP contribution is 2.26. The fraction of sp³-hybridized carbons (Fsp3) is 0.364. The van der Waals surface area contributed by atoms with E-state index in [1.165, 1.54) is 0 Å². The molecule has 5 nitrogen and oxygen atoms in total. The van der Waals surface area contributed by atoms with Crippen LogP contribution in [-0.4, -0.2) is 30.6 Å². The Morgan fingerprint density at radius 1 is 1.07 bits per heavy atom. The Labute approximate surface area is 160 Å². The maximum absolute atomic E-state index is 12.4. The Hall–Kier alpha value is -2.82. The first-order chi connectivity index (χ1) is 12.8. The largest absolute Gasteiger partial charge is 0.496 e. The number of methoxy groups -OCH3 is 1. The molecule has 1 unspecified atom stereocenters. The molecular formula is C22H27NO4. The minimum atomic E-state index is -0.941. The van der Waals surface area contributed by atoms with E-state index in [0.29, 0.717) is 12.2 Å². The van der Waals surface area contributed by atoms with Gasteiger partial charge in [0.25, 0.3) is 0 Å². The zero-order valence-corrected chi connectivity index (χ0v) is 16.1. The van der Waals surface area contributed by atoms with Crippen LogP contribution in [0.15, 0.2) is 54.6 Å². The highest BCUT2D eigenvalue weighted by Gasteiger charge is 2.26. The minimum Gasteiger partial charge on any atom is -0.496 e. The number of carboxylic acids is 1. The normalized spacial score (nSPS) is 12.3. The number of carbonyl (C=O) groups excluding carboxylic acids is 1. The van der Waals surface area contributed by atoms with E-state index in [1.807, 2.05) is 62.4 Å². The lowest BCUT2D eigenvalue weighted by molar-refractivity contribution is -0.141. The first-order valence-electron chi connectivity index (χ1n) is 9.00. The predicted octanol–water partition coefficient (Wildman–Crippen LogP) is 3.42. The van der Waals surface area contributed by atoms with Gasteiger partial charge in [0, 0.05) is 13.0 Å². The number of carbonyl (C=O) groups is 2. The molecule has 5 heteroatoms. The number of hydrogen-bond acceptors (Lipinski definition) is 3. The maximum atomic E-state index is 12.4. The summed E-state index contributed by atoms with van der Waals surface area (Å²) in [5, 5.41) is 12.3. The summed E-state index contributed by atoms with van der Waals surface area (Å²) in [6.07, 6.45) is 0.583. The second kappa shape index (κ2) is 9.21. The lowest BCUT2D eigenvalue weighted by Crippen LogP contribution is -2.37. The van der Waals surface area contributed by atoms with Crippen molar-refractivity contribution >= 4 is 11.9 Å². The zero-order chi connectivity index (χ0) is 19.9. The van der Waals surface area contributed by atoms with Crippen LogP contribution >= 0.6 is 0 Å². The highest BCUT2D eigenvalue weighted by molar-refractivity contribution is 5.78. The molecule has 0 saturated heterocycles. The number of aliphatic carboxylic acids is 1. The number of para-hydroxylation sites is 1. The summed E-state index contributed by atoms with van der Waals surface area (Å²) >= 11 is 0. The SMILES string of the molecule is COc1ccccc1CC(CNC(=O)CC(C)(C)c1ccccc1)C(=O)O. The van der Waals surface area contributed by atoms with E-state index >= 15 is 0 Å². The number of rotatable bonds is 9. The van der Waals surface area contributed by atoms with E-state index in [9.17, 15) is 14.7 Å². The van der Waals surface area contributed by atoms with Gasteiger partial charge in [-0.3, -0.25) is 9.59 Å².